The van der Waals surface area contributed by atoms with Gasteiger partial charge < -0.3 is 9.52 Å². The molecule has 0 radical (unpaired) electrons. The molecule has 0 aromatic carbocycles. The molecule has 2 heteroatoms. The normalized spacial score (nSPS) is 9.44. The van der Waals surface area contributed by atoms with Crippen LogP contribution in [0.5, 0.6) is 0 Å². The van der Waals surface area contributed by atoms with Crippen LogP contribution in [0.15, 0.2) is 23.3 Å². The molecule has 1 aromatic heterocycles. The van der Waals surface area contributed by atoms with Crippen LogP contribution < -0.4 is 0 Å². The molecule has 0 bridgehead atoms. The van der Waals surface area contributed by atoms with Gasteiger partial charge >= 0.3 is 0 Å². The third kappa shape index (κ3) is 1.03. The molecule has 0 aliphatic heterocycles. The fourth-order valence-electron chi connectivity index (χ4n) is 0.661. The summed E-state index contributed by atoms with van der Waals surface area (Å²) in [6, 6.07) is 1.76. The van der Waals surface area contributed by atoms with Gasteiger partial charge in [-0.1, -0.05) is 12.7 Å². The summed E-state index contributed by atoms with van der Waals surface area (Å²) in [7, 11) is 0. The molecule has 0 fully saturated rings. The predicted octanol–water partition coefficient (Wildman–Crippen LogP) is 1.41. The van der Waals surface area contributed by atoms with E-state index in [0.717, 1.165) is 5.56 Å². The molecule has 1 rings (SSSR count). The molecular weight excluding hydrogens is 116 g/mol. The van der Waals surface area contributed by atoms with E-state index in [-0.39, 0.29) is 6.61 Å². The van der Waals surface area contributed by atoms with Crippen molar-refractivity contribution >= 4 is 6.08 Å². The van der Waals surface area contributed by atoms with Gasteiger partial charge in [-0.05, 0) is 6.07 Å². The van der Waals surface area contributed by atoms with E-state index >= 15 is 0 Å². The maximum Gasteiger partial charge on any atom is 0.136 e. The molecule has 0 amide bonds. The molecule has 0 aliphatic carbocycles. The molecular formula is C7H8O2. The zero-order valence-electron chi connectivity index (χ0n) is 5.00. The number of hydrogen-bond donors (Lipinski definition) is 1. The van der Waals surface area contributed by atoms with Gasteiger partial charge in [0.15, 0.2) is 0 Å². The van der Waals surface area contributed by atoms with Gasteiger partial charge in [-0.25, -0.2) is 0 Å². The van der Waals surface area contributed by atoms with Crippen LogP contribution in [0, 0.1) is 0 Å². The zero-order chi connectivity index (χ0) is 6.69. The fourth-order valence-corrected chi connectivity index (χ4v) is 0.661. The lowest BCUT2D eigenvalue weighted by atomic mass is 10.2. The fraction of sp³-hybridized carbons (Fsp3) is 0.143. The molecule has 1 aromatic rings. The third-order valence-corrected chi connectivity index (χ3v) is 1.14. The van der Waals surface area contributed by atoms with Gasteiger partial charge in [0.1, 0.15) is 12.4 Å². The summed E-state index contributed by atoms with van der Waals surface area (Å²) in [5.41, 5.74) is 0.859. The lowest BCUT2D eigenvalue weighted by molar-refractivity contribution is 0.247. The molecule has 0 unspecified atom stereocenters. The SMILES string of the molecule is C=Cc1ccoc1CO. The van der Waals surface area contributed by atoms with Crippen LogP contribution in [-0.4, -0.2) is 5.11 Å². The Morgan fingerprint density at radius 3 is 3.00 bits per heavy atom. The third-order valence-electron chi connectivity index (χ3n) is 1.14. The van der Waals surface area contributed by atoms with Crippen molar-refractivity contribution in [1.82, 2.24) is 0 Å². The van der Waals surface area contributed by atoms with Crippen molar-refractivity contribution in [3.8, 4) is 0 Å². The number of aliphatic hydroxyl groups is 1. The standard InChI is InChI=1S/C7H8O2/c1-2-6-3-4-9-7(6)5-8/h2-4,8H,1,5H2. The minimum atomic E-state index is -0.0612. The first-order chi connectivity index (χ1) is 4.38. The highest BCUT2D eigenvalue weighted by Gasteiger charge is 1.98. The predicted molar refractivity (Wildman–Crippen MR) is 34.7 cm³/mol. The Morgan fingerprint density at radius 2 is 2.56 bits per heavy atom. The Morgan fingerprint density at radius 1 is 1.78 bits per heavy atom. The van der Waals surface area contributed by atoms with Crippen molar-refractivity contribution in [2.45, 2.75) is 6.61 Å². The van der Waals surface area contributed by atoms with Gasteiger partial charge in [0.2, 0.25) is 0 Å². The van der Waals surface area contributed by atoms with Crippen LogP contribution in [0.1, 0.15) is 11.3 Å². The second-order valence-corrected chi connectivity index (χ2v) is 1.66. The Kier molecular flexibility index (Phi) is 1.70. The summed E-state index contributed by atoms with van der Waals surface area (Å²) in [6.07, 6.45) is 3.18. The average Bonchev–Trinajstić information content (AvgIpc) is 2.33. The maximum absolute atomic E-state index is 8.60. The first-order valence-corrected chi connectivity index (χ1v) is 2.68. The van der Waals surface area contributed by atoms with E-state index < -0.39 is 0 Å². The van der Waals surface area contributed by atoms with E-state index in [9.17, 15) is 0 Å². The average molecular weight is 124 g/mol. The van der Waals surface area contributed by atoms with Crippen molar-refractivity contribution in [2.75, 3.05) is 0 Å². The van der Waals surface area contributed by atoms with Gasteiger partial charge in [-0.3, -0.25) is 0 Å². The smallest absolute Gasteiger partial charge is 0.136 e. The Bertz CT molecular complexity index is 200. The van der Waals surface area contributed by atoms with Crippen molar-refractivity contribution < 1.29 is 9.52 Å². The van der Waals surface area contributed by atoms with E-state index in [2.05, 4.69) is 6.58 Å². The lowest BCUT2D eigenvalue weighted by Crippen LogP contribution is -1.79. The summed E-state index contributed by atoms with van der Waals surface area (Å²) in [4.78, 5) is 0. The molecule has 1 heterocycles. The maximum atomic E-state index is 8.60. The second-order valence-electron chi connectivity index (χ2n) is 1.66. The van der Waals surface area contributed by atoms with Gasteiger partial charge in [-0.2, -0.15) is 0 Å². The first kappa shape index (κ1) is 6.11. The van der Waals surface area contributed by atoms with Gasteiger partial charge in [0, 0.05) is 5.56 Å². The quantitative estimate of drug-likeness (QED) is 0.646. The highest BCUT2D eigenvalue weighted by molar-refractivity contribution is 5.48. The molecule has 9 heavy (non-hydrogen) atoms. The Labute approximate surface area is 53.4 Å². The van der Waals surface area contributed by atoms with Gasteiger partial charge in [0.25, 0.3) is 0 Å². The van der Waals surface area contributed by atoms with Gasteiger partial charge in [0.05, 0.1) is 6.26 Å². The van der Waals surface area contributed by atoms with Crippen molar-refractivity contribution in [3.63, 3.8) is 0 Å². The number of furan rings is 1. The molecule has 0 atom stereocenters. The minimum absolute atomic E-state index is 0.0612. The molecule has 48 valence electrons. The topological polar surface area (TPSA) is 33.4 Å². The van der Waals surface area contributed by atoms with Crippen LogP contribution in [0.25, 0.3) is 6.08 Å². The minimum Gasteiger partial charge on any atom is -0.466 e. The number of aliphatic hydroxyl groups excluding tert-OH is 1. The molecule has 0 saturated carbocycles. The van der Waals surface area contributed by atoms with Crippen LogP contribution >= 0.6 is 0 Å². The summed E-state index contributed by atoms with van der Waals surface area (Å²) in [6.45, 7) is 3.48. The van der Waals surface area contributed by atoms with E-state index in [1.165, 1.54) is 6.26 Å². The molecule has 0 saturated heterocycles. The monoisotopic (exact) mass is 124 g/mol. The van der Waals surface area contributed by atoms with E-state index in [1.54, 1.807) is 12.1 Å². The molecule has 0 spiro atoms. The van der Waals surface area contributed by atoms with Crippen LogP contribution in [0.2, 0.25) is 0 Å². The van der Waals surface area contributed by atoms with E-state index in [4.69, 9.17) is 9.52 Å². The summed E-state index contributed by atoms with van der Waals surface area (Å²) in [5, 5.41) is 8.60. The Hall–Kier alpha value is -1.02. The first-order valence-electron chi connectivity index (χ1n) is 2.68. The summed E-state index contributed by atoms with van der Waals surface area (Å²) >= 11 is 0. The molecule has 1 N–H and O–H groups in total. The van der Waals surface area contributed by atoms with E-state index in [0.29, 0.717) is 5.76 Å². The molecule has 0 aliphatic rings. The van der Waals surface area contributed by atoms with Gasteiger partial charge in [-0.15, -0.1) is 0 Å². The summed E-state index contributed by atoms with van der Waals surface area (Å²) in [5.74, 6) is 0.574. The van der Waals surface area contributed by atoms with Crippen molar-refractivity contribution in [3.05, 3.63) is 30.2 Å². The van der Waals surface area contributed by atoms with Crippen LogP contribution in [-0.2, 0) is 6.61 Å². The van der Waals surface area contributed by atoms with E-state index in [1.807, 2.05) is 0 Å². The zero-order valence-corrected chi connectivity index (χ0v) is 5.00. The Balaban J connectivity index is 2.98. The van der Waals surface area contributed by atoms with Crippen LogP contribution in [0.3, 0.4) is 0 Å². The lowest BCUT2D eigenvalue weighted by Gasteiger charge is -1.88. The van der Waals surface area contributed by atoms with Crippen molar-refractivity contribution in [2.24, 2.45) is 0 Å². The van der Waals surface area contributed by atoms with Crippen LogP contribution in [0.4, 0.5) is 0 Å². The molecule has 2 nitrogen and oxygen atoms in total. The highest BCUT2D eigenvalue weighted by Crippen LogP contribution is 2.10. The van der Waals surface area contributed by atoms with Crippen molar-refractivity contribution in [1.29, 1.82) is 0 Å². The summed E-state index contributed by atoms with van der Waals surface area (Å²) < 4.78 is 4.88. The number of hydrogen-bond acceptors (Lipinski definition) is 2. The largest absolute Gasteiger partial charge is 0.466 e. The second kappa shape index (κ2) is 2.51. The highest BCUT2D eigenvalue weighted by atomic mass is 16.4. The number of rotatable bonds is 2.